The van der Waals surface area contributed by atoms with E-state index in [1.807, 2.05) is 11.0 Å². The fourth-order valence-electron chi connectivity index (χ4n) is 3.26. The molecule has 0 bridgehead atoms. The Morgan fingerprint density at radius 2 is 1.69 bits per heavy atom. The summed E-state index contributed by atoms with van der Waals surface area (Å²) in [4.78, 5) is 28.3. The van der Waals surface area contributed by atoms with Gasteiger partial charge in [-0.1, -0.05) is 24.3 Å². The normalized spacial score (nSPS) is 14.3. The Morgan fingerprint density at radius 3 is 2.41 bits per heavy atom. The lowest BCUT2D eigenvalue weighted by Gasteiger charge is -2.36. The molecule has 1 aliphatic rings. The molecule has 29 heavy (non-hydrogen) atoms. The summed E-state index contributed by atoms with van der Waals surface area (Å²) in [7, 11) is 1.50. The van der Waals surface area contributed by atoms with Crippen molar-refractivity contribution in [1.82, 2.24) is 10.2 Å². The standard InChI is InChI=1S/C21H25FN4O3/c1-29-19-9-5-3-7-17(19)24-21(28)20(27)23-10-11-25-12-14-26(15-13-25)18-8-4-2-6-16(18)22/h2-9H,10-15H2,1H3,(H,23,27)(H,24,28). The number of piperazine rings is 1. The molecule has 1 fully saturated rings. The van der Waals surface area contributed by atoms with Gasteiger partial charge in [-0.2, -0.15) is 0 Å². The van der Waals surface area contributed by atoms with E-state index in [2.05, 4.69) is 15.5 Å². The topological polar surface area (TPSA) is 73.9 Å². The SMILES string of the molecule is COc1ccccc1NC(=O)C(=O)NCCN1CCN(c2ccccc2F)CC1. The van der Waals surface area contributed by atoms with Gasteiger partial charge in [-0.25, -0.2) is 4.39 Å². The van der Waals surface area contributed by atoms with Crippen LogP contribution < -0.4 is 20.3 Å². The molecule has 2 N–H and O–H groups in total. The van der Waals surface area contributed by atoms with E-state index in [1.165, 1.54) is 13.2 Å². The molecule has 0 saturated carbocycles. The van der Waals surface area contributed by atoms with Crippen LogP contribution in [-0.2, 0) is 9.59 Å². The summed E-state index contributed by atoms with van der Waals surface area (Å²) in [5.74, 6) is -1.16. The first-order valence-electron chi connectivity index (χ1n) is 9.52. The number of amides is 2. The highest BCUT2D eigenvalue weighted by molar-refractivity contribution is 6.39. The molecule has 7 nitrogen and oxygen atoms in total. The van der Waals surface area contributed by atoms with Crippen molar-refractivity contribution in [3.8, 4) is 5.75 Å². The number of carbonyl (C=O) groups is 2. The second-order valence-corrected chi connectivity index (χ2v) is 6.69. The highest BCUT2D eigenvalue weighted by atomic mass is 19.1. The molecule has 2 aromatic rings. The Balaban J connectivity index is 1.39. The number of hydrogen-bond acceptors (Lipinski definition) is 5. The van der Waals surface area contributed by atoms with Crippen molar-refractivity contribution in [2.24, 2.45) is 0 Å². The third-order valence-corrected chi connectivity index (χ3v) is 4.84. The van der Waals surface area contributed by atoms with Crippen LogP contribution in [0.25, 0.3) is 0 Å². The lowest BCUT2D eigenvalue weighted by Crippen LogP contribution is -2.49. The van der Waals surface area contributed by atoms with Crippen LogP contribution in [-0.4, -0.2) is 63.1 Å². The molecule has 2 aromatic carbocycles. The number of rotatable bonds is 6. The van der Waals surface area contributed by atoms with Crippen molar-refractivity contribution >= 4 is 23.2 Å². The molecular weight excluding hydrogens is 375 g/mol. The first-order chi connectivity index (χ1) is 14.1. The largest absolute Gasteiger partial charge is 0.495 e. The zero-order chi connectivity index (χ0) is 20.6. The van der Waals surface area contributed by atoms with Crippen molar-refractivity contribution in [2.75, 3.05) is 56.6 Å². The van der Waals surface area contributed by atoms with Crippen molar-refractivity contribution in [1.29, 1.82) is 0 Å². The number of nitrogens with one attached hydrogen (secondary N) is 2. The van der Waals surface area contributed by atoms with E-state index < -0.39 is 11.8 Å². The molecule has 0 spiro atoms. The molecule has 0 radical (unpaired) electrons. The summed E-state index contributed by atoms with van der Waals surface area (Å²) >= 11 is 0. The van der Waals surface area contributed by atoms with Crippen molar-refractivity contribution in [2.45, 2.75) is 0 Å². The quantitative estimate of drug-likeness (QED) is 0.723. The molecule has 1 heterocycles. The number of methoxy groups -OCH3 is 1. The number of ether oxygens (including phenoxy) is 1. The van der Waals surface area contributed by atoms with Gasteiger partial charge < -0.3 is 20.3 Å². The molecule has 2 amide bonds. The molecule has 154 valence electrons. The molecule has 0 unspecified atom stereocenters. The minimum Gasteiger partial charge on any atom is -0.495 e. The third-order valence-electron chi connectivity index (χ3n) is 4.84. The van der Waals surface area contributed by atoms with E-state index in [4.69, 9.17) is 4.74 Å². The smallest absolute Gasteiger partial charge is 0.313 e. The molecule has 8 heteroatoms. The lowest BCUT2D eigenvalue weighted by molar-refractivity contribution is -0.136. The number of anilines is 2. The van der Waals surface area contributed by atoms with Crippen molar-refractivity contribution in [3.05, 3.63) is 54.3 Å². The molecule has 1 saturated heterocycles. The Kier molecular flexibility index (Phi) is 7.02. The average molecular weight is 400 g/mol. The van der Waals surface area contributed by atoms with Crippen LogP contribution in [0, 0.1) is 5.82 Å². The molecule has 0 aromatic heterocycles. The van der Waals surface area contributed by atoms with Gasteiger partial charge in [-0.3, -0.25) is 14.5 Å². The van der Waals surface area contributed by atoms with Gasteiger partial charge in [0.1, 0.15) is 11.6 Å². The van der Waals surface area contributed by atoms with Gasteiger partial charge in [0.15, 0.2) is 0 Å². The Labute approximate surface area is 169 Å². The van der Waals surface area contributed by atoms with E-state index >= 15 is 0 Å². The molecule has 0 aliphatic carbocycles. The lowest BCUT2D eigenvalue weighted by atomic mass is 10.2. The number of para-hydroxylation sites is 3. The Bertz CT molecular complexity index is 853. The monoisotopic (exact) mass is 400 g/mol. The minimum absolute atomic E-state index is 0.214. The molecular formula is C21H25FN4O3. The first-order valence-corrected chi connectivity index (χ1v) is 9.52. The number of halogens is 1. The van der Waals surface area contributed by atoms with Gasteiger partial charge in [-0.05, 0) is 24.3 Å². The number of carbonyl (C=O) groups excluding carboxylic acids is 2. The fraction of sp³-hybridized carbons (Fsp3) is 0.333. The minimum atomic E-state index is -0.737. The highest BCUT2D eigenvalue weighted by Crippen LogP contribution is 2.23. The van der Waals surface area contributed by atoms with E-state index in [0.29, 0.717) is 43.3 Å². The van der Waals surface area contributed by atoms with Gasteiger partial charge in [0.2, 0.25) is 0 Å². The van der Waals surface area contributed by atoms with Crippen LogP contribution in [0.3, 0.4) is 0 Å². The predicted molar refractivity (Wildman–Crippen MR) is 110 cm³/mol. The van der Waals surface area contributed by atoms with Crippen molar-refractivity contribution in [3.63, 3.8) is 0 Å². The molecule has 3 rings (SSSR count). The van der Waals surface area contributed by atoms with Gasteiger partial charge in [0, 0.05) is 39.3 Å². The van der Waals surface area contributed by atoms with E-state index in [-0.39, 0.29) is 5.82 Å². The van der Waals surface area contributed by atoms with Crippen LogP contribution in [0.4, 0.5) is 15.8 Å². The third kappa shape index (κ3) is 5.45. The van der Waals surface area contributed by atoms with Crippen molar-refractivity contribution < 1.29 is 18.7 Å². The predicted octanol–water partition coefficient (Wildman–Crippen LogP) is 1.71. The zero-order valence-electron chi connectivity index (χ0n) is 16.4. The first kappa shape index (κ1) is 20.6. The number of nitrogens with zero attached hydrogens (tertiary/aromatic N) is 2. The van der Waals surface area contributed by atoms with Crippen LogP contribution in [0.5, 0.6) is 5.75 Å². The van der Waals surface area contributed by atoms with Crippen LogP contribution in [0.15, 0.2) is 48.5 Å². The average Bonchev–Trinajstić information content (AvgIpc) is 2.75. The summed E-state index contributed by atoms with van der Waals surface area (Å²) in [5, 5.41) is 5.18. The van der Waals surface area contributed by atoms with Crippen LogP contribution in [0.2, 0.25) is 0 Å². The van der Waals surface area contributed by atoms with Gasteiger partial charge in [0.05, 0.1) is 18.5 Å². The maximum absolute atomic E-state index is 13.9. The Hall–Kier alpha value is -3.13. The maximum atomic E-state index is 13.9. The molecule has 1 aliphatic heterocycles. The summed E-state index contributed by atoms with van der Waals surface area (Å²) in [5.41, 5.74) is 1.06. The molecule has 0 atom stereocenters. The summed E-state index contributed by atoms with van der Waals surface area (Å²) in [6.45, 7) is 3.93. The van der Waals surface area contributed by atoms with Crippen LogP contribution >= 0.6 is 0 Å². The fourth-order valence-corrected chi connectivity index (χ4v) is 3.26. The van der Waals surface area contributed by atoms with Gasteiger partial charge >= 0.3 is 11.8 Å². The van der Waals surface area contributed by atoms with Gasteiger partial charge in [-0.15, -0.1) is 0 Å². The number of hydrogen-bond donors (Lipinski definition) is 2. The van der Waals surface area contributed by atoms with E-state index in [9.17, 15) is 14.0 Å². The Morgan fingerprint density at radius 1 is 1.00 bits per heavy atom. The summed E-state index contributed by atoms with van der Waals surface area (Å²) in [6, 6.07) is 13.7. The second-order valence-electron chi connectivity index (χ2n) is 6.69. The highest BCUT2D eigenvalue weighted by Gasteiger charge is 2.20. The summed E-state index contributed by atoms with van der Waals surface area (Å²) < 4.78 is 19.0. The van der Waals surface area contributed by atoms with E-state index in [0.717, 1.165) is 13.1 Å². The number of benzene rings is 2. The second kappa shape index (κ2) is 9.88. The maximum Gasteiger partial charge on any atom is 0.313 e. The van der Waals surface area contributed by atoms with Crippen LogP contribution in [0.1, 0.15) is 0 Å². The van der Waals surface area contributed by atoms with E-state index in [1.54, 1.807) is 36.4 Å². The van der Waals surface area contributed by atoms with Gasteiger partial charge in [0.25, 0.3) is 0 Å². The zero-order valence-corrected chi connectivity index (χ0v) is 16.4. The summed E-state index contributed by atoms with van der Waals surface area (Å²) in [6.07, 6.45) is 0.